The maximum Gasteiger partial charge on any atom is 0.317 e. The molecule has 5 aliphatic carbocycles. The van der Waals surface area contributed by atoms with E-state index < -0.39 is 187 Å². The lowest BCUT2D eigenvalue weighted by Gasteiger charge is -2.72. The van der Waals surface area contributed by atoms with Crippen molar-refractivity contribution in [2.45, 2.75) is 242 Å². The molecule has 436 valence electrons. The summed E-state index contributed by atoms with van der Waals surface area (Å²) in [5, 5.41) is 154. The van der Waals surface area contributed by atoms with E-state index in [4.69, 9.17) is 37.9 Å². The van der Waals surface area contributed by atoms with Gasteiger partial charge in [0.15, 0.2) is 25.0 Å². The van der Waals surface area contributed by atoms with Crippen molar-refractivity contribution in [2.24, 2.45) is 50.2 Å². The van der Waals surface area contributed by atoms with Gasteiger partial charge in [-0.25, -0.2) is 0 Å². The van der Waals surface area contributed by atoms with Crippen LogP contribution in [0.25, 0.3) is 0 Å². The molecule has 0 amide bonds. The smallest absolute Gasteiger partial charge is 0.317 e. The first-order chi connectivity index (χ1) is 35.5. The maximum atomic E-state index is 15.4. The second-order valence-electron chi connectivity index (χ2n) is 25.9. The molecule has 14 N–H and O–H groups in total. The molecule has 9 rings (SSSR count). The summed E-state index contributed by atoms with van der Waals surface area (Å²) in [5.74, 6) is -1.75. The summed E-state index contributed by atoms with van der Waals surface area (Å²) in [5.41, 5.74) is -3.82. The van der Waals surface area contributed by atoms with Gasteiger partial charge in [-0.1, -0.05) is 53.2 Å². The molecule has 9 aliphatic rings. The summed E-state index contributed by atoms with van der Waals surface area (Å²) in [6.45, 7) is 14.0. The van der Waals surface area contributed by atoms with Gasteiger partial charge in [-0.05, 0) is 105 Å². The summed E-state index contributed by atoms with van der Waals surface area (Å²) in [6.07, 6.45) is -27.9. The Morgan fingerprint density at radius 2 is 1.24 bits per heavy atom. The topological polar surface area (TPSA) is 374 Å². The molecule has 4 saturated heterocycles. The number of hydrogen-bond donors (Lipinski definition) is 14. The first-order valence-electron chi connectivity index (χ1n) is 27.3. The Balaban J connectivity index is 0.972. The zero-order valence-corrected chi connectivity index (χ0v) is 44.7. The third kappa shape index (κ3) is 9.18. The van der Waals surface area contributed by atoms with Crippen molar-refractivity contribution < 1.29 is 114 Å². The normalized spacial score (nSPS) is 56.2. The fourth-order valence-electron chi connectivity index (χ4n) is 16.4. The predicted molar refractivity (Wildman–Crippen MR) is 258 cm³/mol. The molecular weight excluding hydrogens is 1000 g/mol. The van der Waals surface area contributed by atoms with Crippen LogP contribution in [-0.4, -0.2) is 232 Å². The first-order valence-corrected chi connectivity index (χ1v) is 27.3. The minimum atomic E-state index is -1.90. The number of rotatable bonds is 10. The first kappa shape index (κ1) is 59.0. The van der Waals surface area contributed by atoms with E-state index in [1.807, 2.05) is 6.92 Å². The van der Waals surface area contributed by atoms with E-state index in [0.29, 0.717) is 32.1 Å². The van der Waals surface area contributed by atoms with E-state index >= 15 is 4.79 Å². The van der Waals surface area contributed by atoms with Crippen LogP contribution < -0.4 is 0 Å². The van der Waals surface area contributed by atoms with Gasteiger partial charge in [0.2, 0.25) is 6.29 Å². The molecule has 4 heterocycles. The number of carbonyl (C=O) groups excluding carboxylic acids is 1. The third-order valence-electron chi connectivity index (χ3n) is 21.1. The highest BCUT2D eigenvalue weighted by Crippen LogP contribution is 2.76. The Morgan fingerprint density at radius 1 is 0.618 bits per heavy atom. The van der Waals surface area contributed by atoms with Gasteiger partial charge in [-0.15, -0.1) is 0 Å². The maximum absolute atomic E-state index is 15.4. The second kappa shape index (κ2) is 21.0. The minimum absolute atomic E-state index is 0.123. The van der Waals surface area contributed by atoms with Crippen LogP contribution in [0, 0.1) is 50.2 Å². The molecule has 0 bridgehead atoms. The number of fused-ring (bicyclic) bond motifs is 7. The number of aliphatic hydroxyl groups excluding tert-OH is 14. The van der Waals surface area contributed by atoms with E-state index in [9.17, 15) is 71.5 Å². The zero-order valence-electron chi connectivity index (χ0n) is 44.7. The quantitative estimate of drug-likeness (QED) is 0.0615. The van der Waals surface area contributed by atoms with Gasteiger partial charge in [-0.3, -0.25) is 4.79 Å². The lowest BCUT2D eigenvalue weighted by Crippen LogP contribution is -2.70. The average Bonchev–Trinajstić information content (AvgIpc) is 3.36. The van der Waals surface area contributed by atoms with Crippen molar-refractivity contribution in [2.75, 3.05) is 19.8 Å². The molecule has 0 aromatic heterocycles. The lowest BCUT2D eigenvalue weighted by molar-refractivity contribution is -0.373. The van der Waals surface area contributed by atoms with Gasteiger partial charge in [0.1, 0.15) is 78.7 Å². The van der Waals surface area contributed by atoms with Crippen molar-refractivity contribution in [1.82, 2.24) is 0 Å². The Labute approximate surface area is 442 Å². The van der Waals surface area contributed by atoms with E-state index in [-0.39, 0.29) is 43.1 Å². The molecule has 0 unspecified atom stereocenters. The molecule has 8 fully saturated rings. The second-order valence-corrected chi connectivity index (χ2v) is 25.9. The van der Waals surface area contributed by atoms with Crippen molar-refractivity contribution in [3.8, 4) is 0 Å². The van der Waals surface area contributed by atoms with Crippen molar-refractivity contribution in [3.63, 3.8) is 0 Å². The monoisotopic (exact) mass is 1090 g/mol. The molecular formula is C53H86O23. The largest absolute Gasteiger partial charge is 0.432 e. The number of esters is 1. The van der Waals surface area contributed by atoms with E-state index in [2.05, 4.69) is 40.7 Å². The minimum Gasteiger partial charge on any atom is -0.432 e. The molecule has 0 aromatic carbocycles. The highest BCUT2D eigenvalue weighted by Gasteiger charge is 2.73. The Kier molecular flexibility index (Phi) is 16.3. The van der Waals surface area contributed by atoms with Gasteiger partial charge < -0.3 is 109 Å². The Morgan fingerprint density at radius 3 is 1.91 bits per heavy atom. The molecule has 4 aliphatic heterocycles. The summed E-state index contributed by atoms with van der Waals surface area (Å²) in [6, 6.07) is 0. The number of carbonyl (C=O) groups is 1. The number of allylic oxidation sites excluding steroid dienone is 2. The molecule has 0 aromatic rings. The fraction of sp³-hybridized carbons (Fsp3) is 0.943. The lowest BCUT2D eigenvalue weighted by atomic mass is 9.33. The molecule has 23 heteroatoms. The van der Waals surface area contributed by atoms with Gasteiger partial charge in [0.25, 0.3) is 0 Å². The van der Waals surface area contributed by atoms with Crippen molar-refractivity contribution in [1.29, 1.82) is 0 Å². The SMILES string of the molecule is C[C@@H]1O[C@@H](O[C@H]2[C@H](OC(=O)[C@]34CCC(C)(C)C[C@H]3C3=CC[C@@H]5[C@@]6(C)C[C@H](O)[C@H](O[C@@H]7O[C@H](CO)[C@@H](O)[C@H](O)[C@H]7O)[C@@](C)(CO)[C@@H]6CC[C@@]5(C)[C@]3(C)C[C@H]4O)O[C@H](C)[C@H](O)[C@@H]2O)[C@H](O)[C@H](O)[C@H]1O[C@@H]1OC[C@@H](O)[C@H](O)[C@H]1O. The molecule has 76 heavy (non-hydrogen) atoms. The van der Waals surface area contributed by atoms with Crippen molar-refractivity contribution in [3.05, 3.63) is 11.6 Å². The van der Waals surface area contributed by atoms with Crippen LogP contribution >= 0.6 is 0 Å². The zero-order chi connectivity index (χ0) is 55.7. The number of aliphatic hydroxyl groups is 14. The third-order valence-corrected chi connectivity index (χ3v) is 21.1. The Bertz CT molecular complexity index is 2120. The van der Waals surface area contributed by atoms with Crippen LogP contribution in [0.2, 0.25) is 0 Å². The number of ether oxygens (including phenoxy) is 8. The number of hydrogen-bond acceptors (Lipinski definition) is 23. The van der Waals surface area contributed by atoms with Gasteiger partial charge >= 0.3 is 5.97 Å². The van der Waals surface area contributed by atoms with Gasteiger partial charge in [0, 0.05) is 5.41 Å². The molecule has 4 saturated carbocycles. The molecule has 23 nitrogen and oxygen atoms in total. The van der Waals surface area contributed by atoms with Crippen LogP contribution in [0.1, 0.15) is 107 Å². The predicted octanol–water partition coefficient (Wildman–Crippen LogP) is -2.43. The molecule has 0 radical (unpaired) electrons. The van der Waals surface area contributed by atoms with Gasteiger partial charge in [-0.2, -0.15) is 0 Å². The van der Waals surface area contributed by atoms with Crippen LogP contribution in [0.4, 0.5) is 0 Å². The standard InChI is InChI=1S/C53H86O23/c1-21-31(59)35(63)41(74-44-39(67)36(64)40(22(2)71-44)73-43-37(65)32(60)26(57)19-69-43)46(70-21)76-47(68)53-14-13-48(3,4)15-24(53)23-9-10-29-49(5)16-25(56)42(75-45-38(66)34(62)33(61)27(18-54)72-45)50(6,20-55)28(49)11-12-51(29,7)52(23,8)17-30(53)58/h9,21-22,24-46,54-67H,10-20H2,1-8H3/t21-,22+,24+,25+,26-,27-,28-,29-,30-,31+,32+,33-,34+,35+,36+,37-,38-,39-,40+,41-,42+,43+,44+,45+,46+,49+,50+,51-,52-,53-/m1/s1. The summed E-state index contributed by atoms with van der Waals surface area (Å²) in [7, 11) is 0. The highest BCUT2D eigenvalue weighted by atomic mass is 16.8. The van der Waals surface area contributed by atoms with Crippen molar-refractivity contribution >= 4 is 5.97 Å². The summed E-state index contributed by atoms with van der Waals surface area (Å²) in [4.78, 5) is 15.4. The van der Waals surface area contributed by atoms with E-state index in [0.717, 1.165) is 5.57 Å². The average molecular weight is 1090 g/mol. The van der Waals surface area contributed by atoms with E-state index in [1.54, 1.807) is 0 Å². The van der Waals surface area contributed by atoms with Crippen LogP contribution in [0.3, 0.4) is 0 Å². The van der Waals surface area contributed by atoms with Crippen LogP contribution in [0.5, 0.6) is 0 Å². The highest BCUT2D eigenvalue weighted by molar-refractivity contribution is 5.80. The summed E-state index contributed by atoms with van der Waals surface area (Å²) >= 11 is 0. The van der Waals surface area contributed by atoms with Gasteiger partial charge in [0.05, 0.1) is 50.3 Å². The summed E-state index contributed by atoms with van der Waals surface area (Å²) < 4.78 is 47.5. The van der Waals surface area contributed by atoms with E-state index in [1.165, 1.54) is 13.8 Å². The van der Waals surface area contributed by atoms with Crippen LogP contribution in [-0.2, 0) is 42.7 Å². The fourth-order valence-corrected chi connectivity index (χ4v) is 16.4. The molecule has 30 atom stereocenters. The molecule has 0 spiro atoms. The Hall–Kier alpha value is -1.63. The van der Waals surface area contributed by atoms with Crippen LogP contribution in [0.15, 0.2) is 11.6 Å².